The minimum Gasteiger partial charge on any atom is -0.352 e. The quantitative estimate of drug-likeness (QED) is 0.611. The molecule has 6 rings (SSSR count). The Kier molecular flexibility index (Phi) is 3.99. The number of carbonyl (C=O) groups excluding carboxylic acids is 3. The SMILES string of the molecule is C[C@H](NC(=O)CN1C(=O)[C@H]2CC=CC[C@@H]2C1=O)C12CC3CC(CC(C3)C1)C2. The van der Waals surface area contributed by atoms with Gasteiger partial charge in [-0.25, -0.2) is 0 Å². The van der Waals surface area contributed by atoms with E-state index >= 15 is 0 Å². The van der Waals surface area contributed by atoms with E-state index in [1.54, 1.807) is 0 Å². The van der Waals surface area contributed by atoms with Crippen molar-refractivity contribution in [2.24, 2.45) is 35.0 Å². The molecule has 3 atom stereocenters. The largest absolute Gasteiger partial charge is 0.352 e. The number of nitrogens with zero attached hydrogens (tertiary/aromatic N) is 1. The Hall–Kier alpha value is -1.65. The second-order valence-corrected chi connectivity index (χ2v) is 9.99. The summed E-state index contributed by atoms with van der Waals surface area (Å²) in [4.78, 5) is 39.1. The molecule has 0 spiro atoms. The molecule has 4 saturated carbocycles. The lowest BCUT2D eigenvalue weighted by atomic mass is 9.48. The Morgan fingerprint density at radius 1 is 1.04 bits per heavy atom. The molecule has 146 valence electrons. The number of rotatable bonds is 4. The van der Waals surface area contributed by atoms with Gasteiger partial charge in [-0.3, -0.25) is 19.3 Å². The highest BCUT2D eigenvalue weighted by Crippen LogP contribution is 2.61. The highest BCUT2D eigenvalue weighted by Gasteiger charge is 2.53. The number of amides is 3. The third-order valence-electron chi connectivity index (χ3n) is 8.28. The first-order valence-corrected chi connectivity index (χ1v) is 10.7. The van der Waals surface area contributed by atoms with E-state index < -0.39 is 0 Å². The Bertz CT molecular complexity index is 651. The number of imide groups is 1. The summed E-state index contributed by atoms with van der Waals surface area (Å²) in [5.74, 6) is 1.52. The molecule has 0 aromatic carbocycles. The normalized spacial score (nSPS) is 43.1. The van der Waals surface area contributed by atoms with Crippen molar-refractivity contribution >= 4 is 17.7 Å². The van der Waals surface area contributed by atoms with Gasteiger partial charge in [-0.2, -0.15) is 0 Å². The Labute approximate surface area is 160 Å². The number of nitrogens with one attached hydrogen (secondary N) is 1. The second-order valence-electron chi connectivity index (χ2n) is 9.99. The molecule has 0 unspecified atom stereocenters. The third-order valence-corrected chi connectivity index (χ3v) is 8.28. The first-order valence-electron chi connectivity index (χ1n) is 10.7. The minimum atomic E-state index is -0.254. The molecule has 5 aliphatic carbocycles. The van der Waals surface area contributed by atoms with E-state index in [2.05, 4.69) is 12.2 Å². The molecule has 3 amide bonds. The zero-order valence-corrected chi connectivity index (χ0v) is 16.2. The van der Waals surface area contributed by atoms with E-state index in [4.69, 9.17) is 0 Å². The standard InChI is InChI=1S/C22H30N2O3/c1-13(22-9-14-6-15(10-22)8-16(7-14)11-22)23-19(25)12-24-20(26)17-4-2-3-5-18(17)21(24)27/h2-3,13-18H,4-12H2,1H3,(H,23,25)/t13-,14?,15?,16?,17-,18-,22?/m0/s1. The van der Waals surface area contributed by atoms with Crippen LogP contribution in [0.3, 0.4) is 0 Å². The van der Waals surface area contributed by atoms with Gasteiger partial charge in [-0.15, -0.1) is 0 Å². The second kappa shape index (κ2) is 6.18. The minimum absolute atomic E-state index is 0.110. The molecule has 4 bridgehead atoms. The maximum absolute atomic E-state index is 12.7. The maximum atomic E-state index is 12.7. The van der Waals surface area contributed by atoms with Crippen molar-refractivity contribution in [1.82, 2.24) is 10.2 Å². The summed E-state index contributed by atoms with van der Waals surface area (Å²) >= 11 is 0. The number of hydrogen-bond acceptors (Lipinski definition) is 3. The van der Waals surface area contributed by atoms with Gasteiger partial charge < -0.3 is 5.32 Å². The van der Waals surface area contributed by atoms with Crippen molar-refractivity contribution in [2.75, 3.05) is 6.54 Å². The molecule has 0 aromatic heterocycles. The van der Waals surface area contributed by atoms with E-state index in [1.807, 2.05) is 12.2 Å². The van der Waals surface area contributed by atoms with Crippen LogP contribution in [0.4, 0.5) is 0 Å². The van der Waals surface area contributed by atoms with Gasteiger partial charge in [0.1, 0.15) is 6.54 Å². The van der Waals surface area contributed by atoms with Crippen LogP contribution in [0.25, 0.3) is 0 Å². The van der Waals surface area contributed by atoms with Crippen LogP contribution in [0.1, 0.15) is 58.3 Å². The fraction of sp³-hybridized carbons (Fsp3) is 0.773. The van der Waals surface area contributed by atoms with E-state index in [0.29, 0.717) is 12.8 Å². The number of allylic oxidation sites excluding steroid dienone is 2. The van der Waals surface area contributed by atoms with E-state index in [1.165, 1.54) is 43.4 Å². The van der Waals surface area contributed by atoms with Crippen molar-refractivity contribution in [1.29, 1.82) is 0 Å². The molecule has 1 saturated heterocycles. The number of hydrogen-bond donors (Lipinski definition) is 1. The van der Waals surface area contributed by atoms with Crippen LogP contribution in [0.15, 0.2) is 12.2 Å². The fourth-order valence-corrected chi connectivity index (χ4v) is 7.32. The summed E-state index contributed by atoms with van der Waals surface area (Å²) < 4.78 is 0. The van der Waals surface area contributed by atoms with E-state index in [-0.39, 0.29) is 47.6 Å². The molecular weight excluding hydrogens is 340 g/mol. The predicted octanol–water partition coefficient (Wildman–Crippen LogP) is 2.66. The molecule has 1 N–H and O–H groups in total. The summed E-state index contributed by atoms with van der Waals surface area (Å²) in [7, 11) is 0. The van der Waals surface area contributed by atoms with Gasteiger partial charge in [-0.1, -0.05) is 12.2 Å². The zero-order chi connectivity index (χ0) is 18.8. The van der Waals surface area contributed by atoms with Crippen LogP contribution in [0.2, 0.25) is 0 Å². The van der Waals surface area contributed by atoms with Crippen LogP contribution in [0.5, 0.6) is 0 Å². The van der Waals surface area contributed by atoms with Crippen LogP contribution in [-0.2, 0) is 14.4 Å². The smallest absolute Gasteiger partial charge is 0.240 e. The molecule has 0 aromatic rings. The number of carbonyl (C=O) groups is 3. The lowest BCUT2D eigenvalue weighted by Crippen LogP contribution is -2.57. The molecular formula is C22H30N2O3. The predicted molar refractivity (Wildman–Crippen MR) is 100 cm³/mol. The first kappa shape index (κ1) is 17.4. The molecule has 1 aliphatic heterocycles. The van der Waals surface area contributed by atoms with Crippen molar-refractivity contribution in [3.8, 4) is 0 Å². The van der Waals surface area contributed by atoms with E-state index in [9.17, 15) is 14.4 Å². The molecule has 5 heteroatoms. The van der Waals surface area contributed by atoms with Gasteiger partial charge in [0.2, 0.25) is 17.7 Å². The van der Waals surface area contributed by atoms with Crippen molar-refractivity contribution in [3.63, 3.8) is 0 Å². The van der Waals surface area contributed by atoms with Crippen molar-refractivity contribution in [2.45, 2.75) is 64.3 Å². The molecule has 5 fully saturated rings. The maximum Gasteiger partial charge on any atom is 0.240 e. The van der Waals surface area contributed by atoms with Gasteiger partial charge >= 0.3 is 0 Å². The van der Waals surface area contributed by atoms with Crippen LogP contribution in [-0.4, -0.2) is 35.2 Å². The van der Waals surface area contributed by atoms with Crippen LogP contribution < -0.4 is 5.32 Å². The highest BCUT2D eigenvalue weighted by atomic mass is 16.2. The number of likely N-dealkylation sites (tertiary alicyclic amines) is 1. The monoisotopic (exact) mass is 370 g/mol. The van der Waals surface area contributed by atoms with Gasteiger partial charge in [0.25, 0.3) is 0 Å². The summed E-state index contributed by atoms with van der Waals surface area (Å²) in [6.45, 7) is 2.03. The van der Waals surface area contributed by atoms with Crippen LogP contribution in [0, 0.1) is 35.0 Å². The summed E-state index contributed by atoms with van der Waals surface area (Å²) in [5, 5.41) is 3.19. The fourth-order valence-electron chi connectivity index (χ4n) is 7.32. The summed E-state index contributed by atoms with van der Waals surface area (Å²) in [5.41, 5.74) is 0.237. The first-order chi connectivity index (χ1) is 12.9. The average Bonchev–Trinajstić information content (AvgIpc) is 2.86. The van der Waals surface area contributed by atoms with Gasteiger partial charge in [0, 0.05) is 6.04 Å². The van der Waals surface area contributed by atoms with Crippen molar-refractivity contribution in [3.05, 3.63) is 12.2 Å². The lowest BCUT2D eigenvalue weighted by molar-refractivity contribution is -0.144. The number of fused-ring (bicyclic) bond motifs is 1. The summed E-state index contributed by atoms with van der Waals surface area (Å²) in [6, 6.07) is 0.121. The Morgan fingerprint density at radius 2 is 1.52 bits per heavy atom. The van der Waals surface area contributed by atoms with Gasteiger partial charge in [0.15, 0.2) is 0 Å². The Morgan fingerprint density at radius 3 is 2.00 bits per heavy atom. The molecule has 0 radical (unpaired) electrons. The molecule has 1 heterocycles. The van der Waals surface area contributed by atoms with Crippen LogP contribution >= 0.6 is 0 Å². The molecule has 6 aliphatic rings. The summed E-state index contributed by atoms with van der Waals surface area (Å²) in [6.07, 6.45) is 13.0. The lowest BCUT2D eigenvalue weighted by Gasteiger charge is -2.59. The third kappa shape index (κ3) is 2.76. The molecule has 5 nitrogen and oxygen atoms in total. The Balaban J connectivity index is 1.24. The zero-order valence-electron chi connectivity index (χ0n) is 16.2. The van der Waals surface area contributed by atoms with E-state index in [0.717, 1.165) is 17.8 Å². The topological polar surface area (TPSA) is 66.5 Å². The highest BCUT2D eigenvalue weighted by molar-refractivity contribution is 6.07. The average molecular weight is 370 g/mol. The van der Waals surface area contributed by atoms with Gasteiger partial charge in [-0.05, 0) is 81.5 Å². The van der Waals surface area contributed by atoms with Gasteiger partial charge in [0.05, 0.1) is 11.8 Å². The van der Waals surface area contributed by atoms with Crippen molar-refractivity contribution < 1.29 is 14.4 Å². The molecule has 27 heavy (non-hydrogen) atoms.